The standard InChI is InChI=1S/C16H11ClFNS/c17-16-6-3-11(10-19-16)8-12-4-5-13(18)9-14(12)15-2-1-7-20-15/h1-7,9-10H,8H2. The molecule has 0 radical (unpaired) electrons. The molecule has 0 aliphatic carbocycles. The highest BCUT2D eigenvalue weighted by Gasteiger charge is 2.09. The maximum absolute atomic E-state index is 13.5. The summed E-state index contributed by atoms with van der Waals surface area (Å²) in [4.78, 5) is 5.15. The molecule has 4 heteroatoms. The molecule has 3 rings (SSSR count). The Labute approximate surface area is 125 Å². The lowest BCUT2D eigenvalue weighted by Gasteiger charge is -2.08. The van der Waals surface area contributed by atoms with Crippen molar-refractivity contribution in [3.63, 3.8) is 0 Å². The highest BCUT2D eigenvalue weighted by molar-refractivity contribution is 7.13. The van der Waals surface area contributed by atoms with Crippen LogP contribution in [0.2, 0.25) is 5.15 Å². The van der Waals surface area contributed by atoms with Gasteiger partial charge in [-0.3, -0.25) is 0 Å². The molecule has 1 nitrogen and oxygen atoms in total. The van der Waals surface area contributed by atoms with Crippen molar-refractivity contribution in [2.24, 2.45) is 0 Å². The van der Waals surface area contributed by atoms with E-state index >= 15 is 0 Å². The highest BCUT2D eigenvalue weighted by atomic mass is 35.5. The van der Waals surface area contributed by atoms with Crippen molar-refractivity contribution in [3.05, 3.63) is 76.1 Å². The summed E-state index contributed by atoms with van der Waals surface area (Å²) in [6.07, 6.45) is 2.46. The van der Waals surface area contributed by atoms with Gasteiger partial charge in [0.25, 0.3) is 0 Å². The van der Waals surface area contributed by atoms with Crippen molar-refractivity contribution < 1.29 is 4.39 Å². The van der Waals surface area contributed by atoms with Crippen molar-refractivity contribution in [1.82, 2.24) is 4.98 Å². The Morgan fingerprint density at radius 3 is 2.75 bits per heavy atom. The van der Waals surface area contributed by atoms with Crippen LogP contribution in [-0.4, -0.2) is 4.98 Å². The van der Waals surface area contributed by atoms with Crippen LogP contribution in [0.15, 0.2) is 54.0 Å². The lowest BCUT2D eigenvalue weighted by atomic mass is 9.99. The fourth-order valence-electron chi connectivity index (χ4n) is 2.09. The van der Waals surface area contributed by atoms with Crippen LogP contribution >= 0.6 is 22.9 Å². The van der Waals surface area contributed by atoms with E-state index < -0.39 is 0 Å². The zero-order valence-electron chi connectivity index (χ0n) is 10.5. The third-order valence-electron chi connectivity index (χ3n) is 3.04. The molecule has 0 fully saturated rings. The third-order valence-corrected chi connectivity index (χ3v) is 4.17. The van der Waals surface area contributed by atoms with E-state index in [1.165, 1.54) is 6.07 Å². The van der Waals surface area contributed by atoms with Crippen molar-refractivity contribution in [2.75, 3.05) is 0 Å². The Bertz CT molecular complexity index is 708. The monoisotopic (exact) mass is 303 g/mol. The zero-order chi connectivity index (χ0) is 13.9. The van der Waals surface area contributed by atoms with Gasteiger partial charge in [-0.1, -0.05) is 29.8 Å². The predicted molar refractivity (Wildman–Crippen MR) is 81.8 cm³/mol. The van der Waals surface area contributed by atoms with E-state index in [4.69, 9.17) is 11.6 Å². The number of hydrogen-bond donors (Lipinski definition) is 0. The normalized spacial score (nSPS) is 10.7. The van der Waals surface area contributed by atoms with E-state index in [1.54, 1.807) is 29.7 Å². The largest absolute Gasteiger partial charge is 0.244 e. The van der Waals surface area contributed by atoms with Crippen molar-refractivity contribution in [3.8, 4) is 10.4 Å². The molecule has 1 aromatic carbocycles. The molecule has 0 unspecified atom stereocenters. The van der Waals surface area contributed by atoms with Gasteiger partial charge in [0.05, 0.1) is 0 Å². The van der Waals surface area contributed by atoms with Gasteiger partial charge in [0.1, 0.15) is 11.0 Å². The molecule has 0 N–H and O–H groups in total. The quantitative estimate of drug-likeness (QED) is 0.606. The van der Waals surface area contributed by atoms with E-state index in [0.29, 0.717) is 11.6 Å². The fraction of sp³-hybridized carbons (Fsp3) is 0.0625. The first kappa shape index (κ1) is 13.3. The van der Waals surface area contributed by atoms with Crippen molar-refractivity contribution in [2.45, 2.75) is 6.42 Å². The Morgan fingerprint density at radius 1 is 1.15 bits per heavy atom. The summed E-state index contributed by atoms with van der Waals surface area (Å²) < 4.78 is 13.5. The van der Waals surface area contributed by atoms with Crippen LogP contribution in [0.1, 0.15) is 11.1 Å². The maximum Gasteiger partial charge on any atom is 0.129 e. The predicted octanol–water partition coefficient (Wildman–Crippen LogP) is 5.19. The van der Waals surface area contributed by atoms with Crippen LogP contribution in [0.5, 0.6) is 0 Å². The van der Waals surface area contributed by atoms with Crippen LogP contribution in [-0.2, 0) is 6.42 Å². The molecule has 0 spiro atoms. The molecule has 0 amide bonds. The number of hydrogen-bond acceptors (Lipinski definition) is 2. The highest BCUT2D eigenvalue weighted by Crippen LogP contribution is 2.30. The van der Waals surface area contributed by atoms with Gasteiger partial charge in [-0.15, -0.1) is 11.3 Å². The van der Waals surface area contributed by atoms with Gasteiger partial charge >= 0.3 is 0 Å². The summed E-state index contributed by atoms with van der Waals surface area (Å²) in [6, 6.07) is 12.6. The summed E-state index contributed by atoms with van der Waals surface area (Å²) in [5.74, 6) is -0.216. The SMILES string of the molecule is Fc1ccc(Cc2ccc(Cl)nc2)c(-c2cccs2)c1. The van der Waals surface area contributed by atoms with Crippen molar-refractivity contribution >= 4 is 22.9 Å². The molecule has 2 aromatic heterocycles. The van der Waals surface area contributed by atoms with E-state index in [9.17, 15) is 4.39 Å². The number of nitrogens with zero attached hydrogens (tertiary/aromatic N) is 1. The minimum atomic E-state index is -0.216. The average Bonchev–Trinajstić information content (AvgIpc) is 2.97. The van der Waals surface area contributed by atoms with Crippen LogP contribution in [0, 0.1) is 5.82 Å². The molecule has 0 saturated heterocycles. The molecule has 0 aliphatic heterocycles. The van der Waals surface area contributed by atoms with Crippen molar-refractivity contribution in [1.29, 1.82) is 0 Å². The van der Waals surface area contributed by atoms with E-state index in [0.717, 1.165) is 21.6 Å². The fourth-order valence-corrected chi connectivity index (χ4v) is 2.98. The number of thiophene rings is 1. The molecule has 3 aromatic rings. The van der Waals surface area contributed by atoms with E-state index in [2.05, 4.69) is 4.98 Å². The maximum atomic E-state index is 13.5. The van der Waals surface area contributed by atoms with Gasteiger partial charge in [0.2, 0.25) is 0 Å². The minimum absolute atomic E-state index is 0.216. The topological polar surface area (TPSA) is 12.9 Å². The molecule has 0 atom stereocenters. The van der Waals surface area contributed by atoms with Crippen LogP contribution in [0.3, 0.4) is 0 Å². The molecule has 0 bridgehead atoms. The molecule has 20 heavy (non-hydrogen) atoms. The Balaban J connectivity index is 1.99. The second kappa shape index (κ2) is 5.73. The van der Waals surface area contributed by atoms with Gasteiger partial charge < -0.3 is 0 Å². The van der Waals surface area contributed by atoms with Crippen LogP contribution in [0.25, 0.3) is 10.4 Å². The first-order valence-electron chi connectivity index (χ1n) is 6.15. The van der Waals surface area contributed by atoms with Gasteiger partial charge in [-0.05, 0) is 52.8 Å². The number of pyridine rings is 1. The molecule has 0 saturated carbocycles. The Kier molecular flexibility index (Phi) is 3.81. The molecule has 2 heterocycles. The molecular formula is C16H11ClFNS. The number of benzene rings is 1. The zero-order valence-corrected chi connectivity index (χ0v) is 12.1. The Hall–Kier alpha value is -1.71. The van der Waals surface area contributed by atoms with Gasteiger partial charge in [0.15, 0.2) is 0 Å². The summed E-state index contributed by atoms with van der Waals surface area (Å²) in [6.45, 7) is 0. The third kappa shape index (κ3) is 2.89. The second-order valence-corrected chi connectivity index (χ2v) is 5.78. The molecular weight excluding hydrogens is 293 g/mol. The van der Waals surface area contributed by atoms with Crippen LogP contribution in [0.4, 0.5) is 4.39 Å². The van der Waals surface area contributed by atoms with Gasteiger partial charge in [-0.25, -0.2) is 9.37 Å². The first-order chi connectivity index (χ1) is 9.72. The number of rotatable bonds is 3. The summed E-state index contributed by atoms with van der Waals surface area (Å²) in [7, 11) is 0. The first-order valence-corrected chi connectivity index (χ1v) is 7.41. The lowest BCUT2D eigenvalue weighted by Crippen LogP contribution is -1.93. The second-order valence-electron chi connectivity index (χ2n) is 4.44. The Morgan fingerprint density at radius 2 is 2.05 bits per heavy atom. The lowest BCUT2D eigenvalue weighted by molar-refractivity contribution is 0.628. The minimum Gasteiger partial charge on any atom is -0.244 e. The average molecular weight is 304 g/mol. The van der Waals surface area contributed by atoms with E-state index in [1.807, 2.05) is 29.6 Å². The molecule has 100 valence electrons. The summed E-state index contributed by atoms with van der Waals surface area (Å²) >= 11 is 7.40. The summed E-state index contributed by atoms with van der Waals surface area (Å²) in [5, 5.41) is 2.47. The smallest absolute Gasteiger partial charge is 0.129 e. The van der Waals surface area contributed by atoms with E-state index in [-0.39, 0.29) is 5.82 Å². The van der Waals surface area contributed by atoms with Crippen LogP contribution < -0.4 is 0 Å². The van der Waals surface area contributed by atoms with Gasteiger partial charge in [-0.2, -0.15) is 0 Å². The summed E-state index contributed by atoms with van der Waals surface area (Å²) in [5.41, 5.74) is 3.08. The molecule has 0 aliphatic rings. The van der Waals surface area contributed by atoms with Gasteiger partial charge in [0, 0.05) is 11.1 Å². The number of aromatic nitrogens is 1. The number of halogens is 2.